The molecule has 0 spiro atoms. The molecule has 0 aliphatic carbocycles. The number of amides is 2. The van der Waals surface area contributed by atoms with E-state index in [9.17, 15) is 40.7 Å². The monoisotopic (exact) mass is 690 g/mol. The van der Waals surface area contributed by atoms with Gasteiger partial charge in [0, 0.05) is 29.0 Å². The molecule has 0 radical (unpaired) electrons. The highest BCUT2D eigenvalue weighted by Gasteiger charge is 2.41. The molecule has 3 atom stereocenters. The van der Waals surface area contributed by atoms with Crippen LogP contribution in [0.15, 0.2) is 47.5 Å². The van der Waals surface area contributed by atoms with E-state index in [1.54, 1.807) is 36.4 Å². The Labute approximate surface area is 273 Å². The number of hydrogen-bond acceptors (Lipinski definition) is 6. The number of fused-ring (bicyclic) bond motifs is 1. The average molecular weight is 691 g/mol. The number of benzodiazepines with no additional fused rings is 1. The summed E-state index contributed by atoms with van der Waals surface area (Å²) in [4.78, 5) is 44.2. The van der Waals surface area contributed by atoms with Crippen molar-refractivity contribution in [3.63, 3.8) is 0 Å². The van der Waals surface area contributed by atoms with Gasteiger partial charge in [0.1, 0.15) is 5.60 Å². The summed E-state index contributed by atoms with van der Waals surface area (Å²) in [5.74, 6) is -6.59. The van der Waals surface area contributed by atoms with Crippen LogP contribution < -0.4 is 16.0 Å². The van der Waals surface area contributed by atoms with Crippen LogP contribution in [-0.4, -0.2) is 54.3 Å². The highest BCUT2D eigenvalue weighted by atomic mass is 35.5. The normalized spacial score (nSPS) is 16.7. The maximum atomic E-state index is 13.3. The Morgan fingerprint density at radius 2 is 1.60 bits per heavy atom. The largest absolute Gasteiger partial charge is 0.460 e. The van der Waals surface area contributed by atoms with Gasteiger partial charge in [0.05, 0.1) is 29.9 Å². The van der Waals surface area contributed by atoms with Crippen LogP contribution in [-0.2, 0) is 25.5 Å². The number of anilines is 1. The van der Waals surface area contributed by atoms with Crippen molar-refractivity contribution >= 4 is 40.8 Å². The second-order valence-corrected chi connectivity index (χ2v) is 12.5. The van der Waals surface area contributed by atoms with Gasteiger partial charge in [0.15, 0.2) is 6.17 Å². The zero-order valence-corrected chi connectivity index (χ0v) is 27.0. The van der Waals surface area contributed by atoms with E-state index in [1.807, 2.05) is 13.0 Å². The van der Waals surface area contributed by atoms with Crippen LogP contribution in [0.1, 0.15) is 70.1 Å². The second kappa shape index (κ2) is 15.5. The summed E-state index contributed by atoms with van der Waals surface area (Å²) >= 11 is 6.22. The molecule has 258 valence electrons. The molecule has 2 aromatic carbocycles. The number of benzene rings is 2. The van der Waals surface area contributed by atoms with Gasteiger partial charge in [-0.3, -0.25) is 24.7 Å². The van der Waals surface area contributed by atoms with Crippen molar-refractivity contribution in [3.05, 3.63) is 64.2 Å². The van der Waals surface area contributed by atoms with Crippen LogP contribution in [0.4, 0.5) is 32.0 Å². The average Bonchev–Trinajstić information content (AvgIpc) is 3.08. The van der Waals surface area contributed by atoms with E-state index in [0.717, 1.165) is 5.56 Å². The number of alkyl halides is 6. The van der Waals surface area contributed by atoms with Gasteiger partial charge in [-0.25, -0.2) is 0 Å². The number of para-hydroxylation sites is 1. The lowest BCUT2D eigenvalue weighted by atomic mass is 9.84. The first-order valence-electron chi connectivity index (χ1n) is 14.9. The minimum absolute atomic E-state index is 0.389. The number of nitrogens with one attached hydrogen (secondary N) is 3. The van der Waals surface area contributed by atoms with Gasteiger partial charge in [0.25, 0.3) is 5.91 Å². The third-order valence-electron chi connectivity index (χ3n) is 7.21. The van der Waals surface area contributed by atoms with E-state index >= 15 is 0 Å². The van der Waals surface area contributed by atoms with Crippen molar-refractivity contribution in [2.45, 2.75) is 83.9 Å². The van der Waals surface area contributed by atoms with Crippen LogP contribution in [0.25, 0.3) is 0 Å². The quantitative estimate of drug-likeness (QED) is 0.127. The Morgan fingerprint density at radius 3 is 2.17 bits per heavy atom. The maximum Gasteiger partial charge on any atom is 0.389 e. The van der Waals surface area contributed by atoms with Crippen molar-refractivity contribution in [1.29, 1.82) is 0 Å². The SMILES string of the molecule is CCc1cccc2c1NC(=O)C(NCNC(=O)[C@H](CCC(F)(F)F)[C@H](CCC(F)(F)F)C(=O)OC(C)(C)C)N=C2c1cccc(Cl)c1. The highest BCUT2D eigenvalue weighted by molar-refractivity contribution is 6.31. The molecule has 2 amide bonds. The molecule has 0 saturated carbocycles. The fourth-order valence-electron chi connectivity index (χ4n) is 5.07. The summed E-state index contributed by atoms with van der Waals surface area (Å²) in [7, 11) is 0. The van der Waals surface area contributed by atoms with E-state index in [2.05, 4.69) is 20.9 Å². The lowest BCUT2D eigenvalue weighted by molar-refractivity contribution is -0.171. The predicted octanol–water partition coefficient (Wildman–Crippen LogP) is 6.94. The smallest absolute Gasteiger partial charge is 0.389 e. The number of rotatable bonds is 12. The molecular weight excluding hydrogens is 654 g/mol. The minimum Gasteiger partial charge on any atom is -0.460 e. The Hall–Kier alpha value is -3.65. The summed E-state index contributed by atoms with van der Waals surface area (Å²) in [6.07, 6.45) is -15.2. The molecule has 0 saturated heterocycles. The zero-order valence-electron chi connectivity index (χ0n) is 26.2. The van der Waals surface area contributed by atoms with Gasteiger partial charge < -0.3 is 15.4 Å². The first-order valence-corrected chi connectivity index (χ1v) is 15.3. The number of aryl methyl sites for hydroxylation is 1. The minimum atomic E-state index is -4.75. The first-order chi connectivity index (χ1) is 21.8. The van der Waals surface area contributed by atoms with E-state index < -0.39 is 86.1 Å². The van der Waals surface area contributed by atoms with Crippen LogP contribution in [0, 0.1) is 11.8 Å². The third-order valence-corrected chi connectivity index (χ3v) is 7.44. The topological polar surface area (TPSA) is 109 Å². The molecule has 47 heavy (non-hydrogen) atoms. The zero-order chi connectivity index (χ0) is 35.2. The first kappa shape index (κ1) is 37.8. The van der Waals surface area contributed by atoms with Crippen LogP contribution in [0.2, 0.25) is 5.02 Å². The number of aliphatic imine (C=N–C) groups is 1. The number of hydrogen-bond donors (Lipinski definition) is 3. The molecule has 1 unspecified atom stereocenters. The summed E-state index contributed by atoms with van der Waals surface area (Å²) in [6, 6.07) is 12.2. The van der Waals surface area contributed by atoms with Crippen molar-refractivity contribution < 1.29 is 45.5 Å². The van der Waals surface area contributed by atoms with Crippen LogP contribution in [0.3, 0.4) is 0 Å². The lowest BCUT2D eigenvalue weighted by Gasteiger charge is -2.29. The fraction of sp³-hybridized carbons (Fsp3) is 0.500. The van der Waals surface area contributed by atoms with Gasteiger partial charge in [-0.15, -0.1) is 0 Å². The molecule has 1 heterocycles. The molecule has 1 aliphatic heterocycles. The van der Waals surface area contributed by atoms with E-state index in [4.69, 9.17) is 16.3 Å². The van der Waals surface area contributed by atoms with Crippen LogP contribution >= 0.6 is 11.6 Å². The van der Waals surface area contributed by atoms with E-state index in [-0.39, 0.29) is 0 Å². The van der Waals surface area contributed by atoms with Gasteiger partial charge in [-0.1, -0.05) is 48.9 Å². The number of nitrogens with zero attached hydrogens (tertiary/aromatic N) is 1. The van der Waals surface area contributed by atoms with Gasteiger partial charge in [-0.2, -0.15) is 26.3 Å². The number of halogens is 7. The maximum absolute atomic E-state index is 13.3. The Kier molecular flexibility index (Phi) is 12.5. The Bertz CT molecular complexity index is 1470. The van der Waals surface area contributed by atoms with Crippen molar-refractivity contribution in [1.82, 2.24) is 10.6 Å². The second-order valence-electron chi connectivity index (χ2n) is 12.0. The highest BCUT2D eigenvalue weighted by Crippen LogP contribution is 2.34. The standard InChI is InChI=1S/C32H37ClF6N4O4/c1-5-18-8-7-11-23-24(18)43-28(45)26(42-25(23)19-9-6-10-20(33)16-19)40-17-41-27(44)21(12-14-31(34,35)36)22(13-15-32(37,38)39)29(46)47-30(2,3)4/h6-11,16,21-22,26,40H,5,12-15,17H2,1-4H3,(H,41,44)(H,43,45)/t21-,22+,26?/m1/s1. The molecule has 1 aliphatic rings. The number of esters is 1. The molecule has 0 bridgehead atoms. The molecule has 8 nitrogen and oxygen atoms in total. The number of carbonyl (C=O) groups excluding carboxylic acids is 3. The lowest BCUT2D eigenvalue weighted by Crippen LogP contribution is -2.48. The molecule has 3 rings (SSSR count). The van der Waals surface area contributed by atoms with Crippen molar-refractivity contribution in [2.24, 2.45) is 16.8 Å². The Balaban J connectivity index is 1.89. The summed E-state index contributed by atoms with van der Waals surface area (Å²) in [6.45, 7) is 5.71. The molecule has 3 N–H and O–H groups in total. The summed E-state index contributed by atoms with van der Waals surface area (Å²) in [5, 5.41) is 8.32. The van der Waals surface area contributed by atoms with E-state index in [0.29, 0.717) is 34.0 Å². The van der Waals surface area contributed by atoms with Crippen molar-refractivity contribution in [2.75, 3.05) is 12.0 Å². The molecular formula is C32H37ClF6N4O4. The molecule has 0 aromatic heterocycles. The molecule has 2 aromatic rings. The molecule has 0 fully saturated rings. The summed E-state index contributed by atoms with van der Waals surface area (Å²) < 4.78 is 84.4. The Morgan fingerprint density at radius 1 is 0.979 bits per heavy atom. The number of ether oxygens (including phenoxy) is 1. The summed E-state index contributed by atoms with van der Waals surface area (Å²) in [5.41, 5.74) is 1.73. The van der Waals surface area contributed by atoms with Crippen molar-refractivity contribution in [3.8, 4) is 0 Å². The predicted molar refractivity (Wildman–Crippen MR) is 165 cm³/mol. The van der Waals surface area contributed by atoms with E-state index in [1.165, 1.54) is 20.8 Å². The number of carbonyl (C=O) groups is 3. The fourth-order valence-corrected chi connectivity index (χ4v) is 5.26. The van der Waals surface area contributed by atoms with Crippen LogP contribution in [0.5, 0.6) is 0 Å². The van der Waals surface area contributed by atoms with Gasteiger partial charge in [0.2, 0.25) is 5.91 Å². The van der Waals surface area contributed by atoms with Gasteiger partial charge >= 0.3 is 18.3 Å². The van der Waals surface area contributed by atoms with Gasteiger partial charge in [-0.05, 0) is 57.7 Å². The third kappa shape index (κ3) is 11.5. The molecule has 15 heteroatoms.